The number of thiazole rings is 1. The molecule has 4 N–H and O–H groups in total. The summed E-state index contributed by atoms with van der Waals surface area (Å²) in [6.45, 7) is 0. The number of aliphatic carboxylic acids is 1. The molecule has 0 radical (unpaired) electrons. The lowest BCUT2D eigenvalue weighted by molar-refractivity contribution is -0.150. The lowest BCUT2D eigenvalue weighted by Crippen LogP contribution is -2.71. The number of nitrogens with zero attached hydrogens (tertiary/aromatic N) is 5. The van der Waals surface area contributed by atoms with Crippen LogP contribution in [0.5, 0.6) is 0 Å². The third-order valence-electron chi connectivity index (χ3n) is 4.54. The van der Waals surface area contributed by atoms with Gasteiger partial charge in [-0.2, -0.15) is 0 Å². The van der Waals surface area contributed by atoms with Gasteiger partial charge in [-0.25, -0.2) is 9.78 Å². The van der Waals surface area contributed by atoms with Crippen molar-refractivity contribution in [3.05, 3.63) is 28.7 Å². The maximum Gasteiger partial charge on any atom is 0.352 e. The molecule has 0 bridgehead atoms. The molecule has 2 aromatic rings. The van der Waals surface area contributed by atoms with Gasteiger partial charge in [-0.3, -0.25) is 19.3 Å². The Kier molecular flexibility index (Phi) is 5.72. The second-order valence-corrected chi connectivity index (χ2v) is 9.47. The zero-order valence-electron chi connectivity index (χ0n) is 15.8. The second kappa shape index (κ2) is 8.32. The third kappa shape index (κ3) is 3.90. The number of aromatic nitrogens is 4. The lowest BCUT2D eigenvalue weighted by atomic mass is 10.0. The molecule has 4 rings (SSSR count). The number of nitrogens with two attached hydrogens (primary N) is 1. The van der Waals surface area contributed by atoms with Gasteiger partial charge in [0.15, 0.2) is 10.3 Å². The number of nitrogens with one attached hydrogen (secondary N) is 1. The molecule has 1 fully saturated rings. The van der Waals surface area contributed by atoms with Crippen LogP contribution in [-0.4, -0.2) is 76.2 Å². The molecule has 1 unspecified atom stereocenters. The van der Waals surface area contributed by atoms with Gasteiger partial charge in [0.25, 0.3) is 17.6 Å². The second-order valence-electron chi connectivity index (χ2n) is 6.53. The minimum Gasteiger partial charge on any atom is -0.477 e. The number of carbonyl (C=O) groups is 4. The van der Waals surface area contributed by atoms with E-state index in [9.17, 15) is 24.3 Å². The van der Waals surface area contributed by atoms with Crippen molar-refractivity contribution in [3.8, 4) is 0 Å². The van der Waals surface area contributed by atoms with Gasteiger partial charge in [0.2, 0.25) is 0 Å². The number of fused-ring (bicyclic) bond motifs is 1. The summed E-state index contributed by atoms with van der Waals surface area (Å²) in [5.74, 6) is -3.05. The maximum atomic E-state index is 12.7. The molecule has 12 nitrogen and oxygen atoms in total. The van der Waals surface area contributed by atoms with Crippen molar-refractivity contribution in [1.29, 1.82) is 0 Å². The Bertz CT molecular complexity index is 1130. The average Bonchev–Trinajstić information content (AvgIpc) is 3.36. The molecule has 1 saturated heterocycles. The van der Waals surface area contributed by atoms with Crippen molar-refractivity contribution >= 4 is 63.6 Å². The van der Waals surface area contributed by atoms with Crippen LogP contribution < -0.4 is 11.1 Å². The van der Waals surface area contributed by atoms with Crippen LogP contribution >= 0.6 is 34.9 Å². The van der Waals surface area contributed by atoms with E-state index in [1.807, 2.05) is 0 Å². The smallest absolute Gasteiger partial charge is 0.352 e. The first-order valence-corrected chi connectivity index (χ1v) is 11.6. The molecule has 2 aromatic heterocycles. The molecule has 162 valence electrons. The molecule has 2 aliphatic heterocycles. The van der Waals surface area contributed by atoms with Crippen LogP contribution in [0, 0.1) is 0 Å². The molecule has 0 saturated carbocycles. The minimum atomic E-state index is -1.23. The highest BCUT2D eigenvalue weighted by molar-refractivity contribution is 8.01. The highest BCUT2D eigenvalue weighted by Crippen LogP contribution is 2.41. The van der Waals surface area contributed by atoms with Crippen molar-refractivity contribution in [3.63, 3.8) is 0 Å². The van der Waals surface area contributed by atoms with E-state index in [4.69, 9.17) is 5.73 Å². The van der Waals surface area contributed by atoms with Gasteiger partial charge in [-0.15, -0.1) is 33.3 Å². The van der Waals surface area contributed by atoms with Gasteiger partial charge in [0.1, 0.15) is 29.1 Å². The summed E-state index contributed by atoms with van der Waals surface area (Å²) in [5.41, 5.74) is 5.83. The monoisotopic (exact) mass is 481 g/mol. The molecule has 31 heavy (non-hydrogen) atoms. The quantitative estimate of drug-likeness (QED) is 0.203. The largest absolute Gasteiger partial charge is 0.477 e. The van der Waals surface area contributed by atoms with E-state index >= 15 is 0 Å². The summed E-state index contributed by atoms with van der Waals surface area (Å²) in [6, 6.07) is -1.00. The van der Waals surface area contributed by atoms with Crippen molar-refractivity contribution < 1.29 is 24.3 Å². The number of carboxylic acids is 1. The topological polar surface area (TPSA) is 173 Å². The number of carboxylic acid groups (broad SMARTS) is 1. The molecule has 0 aliphatic carbocycles. The molecule has 4 heterocycles. The van der Waals surface area contributed by atoms with E-state index in [1.165, 1.54) is 35.2 Å². The number of carbonyl (C=O) groups excluding carboxylic acids is 3. The number of ketones is 1. The normalized spacial score (nSPS) is 20.3. The molecule has 15 heteroatoms. The number of thioether (sulfide) groups is 2. The molecule has 0 spiro atoms. The highest BCUT2D eigenvalue weighted by atomic mass is 32.2. The number of hydrogen-bond donors (Lipinski definition) is 3. The molecule has 0 aromatic carbocycles. The fraction of sp³-hybridized carbons (Fsp3) is 0.312. The number of hydrogen-bond acceptors (Lipinski definition) is 11. The van der Waals surface area contributed by atoms with Crippen LogP contribution in [0.15, 0.2) is 28.1 Å². The summed E-state index contributed by atoms with van der Waals surface area (Å²) < 4.78 is 1.71. The van der Waals surface area contributed by atoms with Crippen LogP contribution in [0.1, 0.15) is 10.5 Å². The molecular formula is C16H15N7O5S3. The first-order valence-electron chi connectivity index (χ1n) is 8.71. The Morgan fingerprint density at radius 2 is 2.19 bits per heavy atom. The zero-order valence-corrected chi connectivity index (χ0v) is 18.3. The van der Waals surface area contributed by atoms with E-state index in [2.05, 4.69) is 20.5 Å². The van der Waals surface area contributed by atoms with Crippen LogP contribution in [-0.2, 0) is 21.4 Å². The predicted octanol–water partition coefficient (Wildman–Crippen LogP) is -0.433. The van der Waals surface area contributed by atoms with Gasteiger partial charge >= 0.3 is 5.97 Å². The molecule has 2 amide bonds. The van der Waals surface area contributed by atoms with Crippen LogP contribution in [0.25, 0.3) is 0 Å². The van der Waals surface area contributed by atoms with Gasteiger partial charge in [0, 0.05) is 23.9 Å². The fourth-order valence-electron chi connectivity index (χ4n) is 3.06. The van der Waals surface area contributed by atoms with Crippen molar-refractivity contribution in [2.75, 3.05) is 17.2 Å². The summed E-state index contributed by atoms with van der Waals surface area (Å²) in [6.07, 6.45) is 1.54. The van der Waals surface area contributed by atoms with Gasteiger partial charge in [-0.1, -0.05) is 11.8 Å². The van der Waals surface area contributed by atoms with E-state index < -0.39 is 35.0 Å². The summed E-state index contributed by atoms with van der Waals surface area (Å²) in [4.78, 5) is 53.9. The van der Waals surface area contributed by atoms with Crippen LogP contribution in [0.3, 0.4) is 0 Å². The number of anilines is 1. The van der Waals surface area contributed by atoms with Crippen molar-refractivity contribution in [2.24, 2.45) is 7.05 Å². The predicted molar refractivity (Wildman–Crippen MR) is 112 cm³/mol. The number of Topliss-reactive ketones (excluding diaryl/α,β-unsaturated/α-hetero) is 1. The average molecular weight is 482 g/mol. The third-order valence-corrected chi connectivity index (χ3v) is 7.68. The Morgan fingerprint density at radius 3 is 2.81 bits per heavy atom. The Morgan fingerprint density at radius 1 is 1.42 bits per heavy atom. The van der Waals surface area contributed by atoms with Crippen LogP contribution in [0.4, 0.5) is 5.13 Å². The summed E-state index contributed by atoms with van der Waals surface area (Å²) >= 11 is 3.65. The first kappa shape index (κ1) is 21.3. The number of aryl methyl sites for hydroxylation is 1. The first-order chi connectivity index (χ1) is 14.8. The van der Waals surface area contributed by atoms with E-state index in [-0.39, 0.29) is 16.5 Å². The van der Waals surface area contributed by atoms with Gasteiger partial charge < -0.3 is 20.7 Å². The van der Waals surface area contributed by atoms with Gasteiger partial charge in [0.05, 0.1) is 0 Å². The Hall–Kier alpha value is -2.91. The SMILES string of the molecule is Cn1cnnc1SCC1=C(C(=O)O)N2C(=O)C(NC(=O)C(=O)c3csc(N)n3)[C@H]2SC1. The Labute approximate surface area is 187 Å². The highest BCUT2D eigenvalue weighted by Gasteiger charge is 2.54. The Balaban J connectivity index is 1.47. The van der Waals surface area contributed by atoms with E-state index in [1.54, 1.807) is 11.6 Å². The fourth-order valence-corrected chi connectivity index (χ4v) is 5.98. The number of amides is 2. The number of nitrogen functional groups attached to an aromatic ring is 1. The number of rotatable bonds is 7. The zero-order chi connectivity index (χ0) is 22.3. The van der Waals surface area contributed by atoms with Crippen molar-refractivity contribution in [1.82, 2.24) is 30.0 Å². The van der Waals surface area contributed by atoms with Crippen molar-refractivity contribution in [2.45, 2.75) is 16.6 Å². The minimum absolute atomic E-state index is 0.103. The van der Waals surface area contributed by atoms with E-state index in [0.717, 1.165) is 16.2 Å². The maximum absolute atomic E-state index is 12.7. The molecule has 2 aliphatic rings. The standard InChI is InChI=1S/C16H15N7O5S3/c1-22-5-18-21-16(22)31-3-6-2-29-13-8(12(26)23(13)9(6)14(27)28)20-11(25)10(24)7-4-30-15(17)19-7/h4-5,8,13H,2-3H2,1H3,(H2,17,19)(H,20,25)(H,27,28)/t8?,13-/m1/s1. The molecule has 2 atom stereocenters. The number of β-lactam (4-membered cyclic amide) rings is 1. The lowest BCUT2D eigenvalue weighted by Gasteiger charge is -2.49. The van der Waals surface area contributed by atoms with E-state index in [0.29, 0.717) is 22.2 Å². The van der Waals surface area contributed by atoms with Gasteiger partial charge in [-0.05, 0) is 5.57 Å². The summed E-state index contributed by atoms with van der Waals surface area (Å²) in [7, 11) is 1.77. The van der Waals surface area contributed by atoms with Crippen LogP contribution in [0.2, 0.25) is 0 Å². The summed E-state index contributed by atoms with van der Waals surface area (Å²) in [5, 5.41) is 21.3. The molecular weight excluding hydrogens is 466 g/mol.